The Morgan fingerprint density at radius 2 is 1.96 bits per heavy atom. The topological polar surface area (TPSA) is 41.6 Å². The van der Waals surface area contributed by atoms with Crippen molar-refractivity contribution in [2.24, 2.45) is 5.92 Å². The third-order valence-corrected chi connectivity index (χ3v) is 5.28. The Morgan fingerprint density at radius 1 is 1.25 bits per heavy atom. The molecule has 2 saturated heterocycles. The Hall–Kier alpha value is -1.39. The Labute approximate surface area is 145 Å². The lowest BCUT2D eigenvalue weighted by molar-refractivity contribution is -0.172. The van der Waals surface area contributed by atoms with E-state index in [-0.39, 0.29) is 17.6 Å². The number of benzene rings is 1. The minimum atomic E-state index is -0.269. The summed E-state index contributed by atoms with van der Waals surface area (Å²) in [4.78, 5) is 14.6. The number of nitrogens with zero attached hydrogens (tertiary/aromatic N) is 1. The van der Waals surface area contributed by atoms with Gasteiger partial charge in [-0.3, -0.25) is 4.79 Å². The summed E-state index contributed by atoms with van der Waals surface area (Å²) in [6.45, 7) is 8.16. The fourth-order valence-electron chi connectivity index (χ4n) is 3.75. The fourth-order valence-corrected chi connectivity index (χ4v) is 3.75. The number of carbonyl (C=O) groups excluding carboxylic acids is 1. The molecule has 2 heterocycles. The first-order chi connectivity index (χ1) is 11.6. The summed E-state index contributed by atoms with van der Waals surface area (Å²) in [6.07, 6.45) is 3.66. The van der Waals surface area contributed by atoms with Crippen LogP contribution in [0.2, 0.25) is 0 Å². The molecule has 2 aliphatic rings. The van der Waals surface area contributed by atoms with Crippen molar-refractivity contribution in [1.29, 1.82) is 0 Å². The van der Waals surface area contributed by atoms with E-state index >= 15 is 0 Å². The molecule has 0 aromatic heterocycles. The molecule has 0 radical (unpaired) electrons. The molecule has 1 aromatic rings. The van der Waals surface area contributed by atoms with E-state index in [0.717, 1.165) is 45.3 Å². The van der Waals surface area contributed by atoms with E-state index in [9.17, 15) is 4.79 Å². The first kappa shape index (κ1) is 17.4. The first-order valence-electron chi connectivity index (χ1n) is 9.28. The number of hydrogen-bond donors (Lipinski definition) is 1. The lowest BCUT2D eigenvalue weighted by atomic mass is 9.88. The van der Waals surface area contributed by atoms with E-state index in [1.807, 2.05) is 0 Å². The van der Waals surface area contributed by atoms with Crippen LogP contribution in [0.25, 0.3) is 0 Å². The molecule has 2 fully saturated rings. The van der Waals surface area contributed by atoms with Gasteiger partial charge < -0.3 is 15.0 Å². The summed E-state index contributed by atoms with van der Waals surface area (Å²) in [7, 11) is 0. The number of piperidine rings is 1. The van der Waals surface area contributed by atoms with Crippen LogP contribution < -0.4 is 5.32 Å². The molecule has 1 unspecified atom stereocenters. The molecule has 4 heteroatoms. The number of ether oxygens (including phenoxy) is 1. The van der Waals surface area contributed by atoms with Crippen LogP contribution in [0.5, 0.6) is 0 Å². The molecule has 3 rings (SSSR count). The lowest BCUT2D eigenvalue weighted by Crippen LogP contribution is -2.60. The van der Waals surface area contributed by atoms with E-state index < -0.39 is 0 Å². The second-order valence-corrected chi connectivity index (χ2v) is 7.71. The summed E-state index contributed by atoms with van der Waals surface area (Å²) < 4.78 is 6.31. The molecule has 1 spiro atoms. The Kier molecular flexibility index (Phi) is 5.57. The van der Waals surface area contributed by atoms with Gasteiger partial charge in [-0.25, -0.2) is 0 Å². The molecule has 1 N–H and O–H groups in total. The Balaban J connectivity index is 1.49. The summed E-state index contributed by atoms with van der Waals surface area (Å²) in [5, 5.41) is 3.09. The molecule has 1 atom stereocenters. The number of amides is 1. The molecule has 1 amide bonds. The number of morpholine rings is 1. The zero-order chi connectivity index (χ0) is 17.0. The van der Waals surface area contributed by atoms with Crippen LogP contribution in [0.4, 0.5) is 0 Å². The Bertz CT molecular complexity index is 536. The van der Waals surface area contributed by atoms with Crippen molar-refractivity contribution >= 4 is 5.91 Å². The normalized spacial score (nSPS) is 24.3. The largest absolute Gasteiger partial charge is 0.360 e. The van der Waals surface area contributed by atoms with Crippen LogP contribution >= 0.6 is 0 Å². The van der Waals surface area contributed by atoms with Gasteiger partial charge in [0.25, 0.3) is 0 Å². The molecular formula is C20H30N2O2. The van der Waals surface area contributed by atoms with Crippen LogP contribution in [-0.4, -0.2) is 48.7 Å². The maximum atomic E-state index is 12.0. The van der Waals surface area contributed by atoms with Crippen LogP contribution in [0.1, 0.15) is 38.7 Å². The van der Waals surface area contributed by atoms with Gasteiger partial charge in [-0.1, -0.05) is 44.2 Å². The molecule has 0 bridgehead atoms. The van der Waals surface area contributed by atoms with Gasteiger partial charge in [0.1, 0.15) is 6.10 Å². The van der Waals surface area contributed by atoms with Crippen molar-refractivity contribution in [1.82, 2.24) is 10.2 Å². The molecule has 0 saturated carbocycles. The summed E-state index contributed by atoms with van der Waals surface area (Å²) in [5.41, 5.74) is 1.26. The zero-order valence-electron chi connectivity index (χ0n) is 15.0. The molecule has 0 aliphatic carbocycles. The average molecular weight is 330 g/mol. The van der Waals surface area contributed by atoms with Gasteiger partial charge in [0, 0.05) is 26.2 Å². The minimum absolute atomic E-state index is 0.0702. The first-order valence-corrected chi connectivity index (χ1v) is 9.28. The summed E-state index contributed by atoms with van der Waals surface area (Å²) in [5.74, 6) is 0.544. The van der Waals surface area contributed by atoms with E-state index in [0.29, 0.717) is 12.5 Å². The van der Waals surface area contributed by atoms with Gasteiger partial charge in [0.05, 0.1) is 5.60 Å². The van der Waals surface area contributed by atoms with Gasteiger partial charge in [-0.2, -0.15) is 0 Å². The highest BCUT2D eigenvalue weighted by Crippen LogP contribution is 2.31. The molecule has 132 valence electrons. The van der Waals surface area contributed by atoms with Gasteiger partial charge in [0.15, 0.2) is 0 Å². The van der Waals surface area contributed by atoms with Gasteiger partial charge >= 0.3 is 0 Å². The maximum absolute atomic E-state index is 12.0. The average Bonchev–Trinajstić information content (AvgIpc) is 2.58. The highest BCUT2D eigenvalue weighted by atomic mass is 16.5. The fraction of sp³-hybridized carbons (Fsp3) is 0.650. The van der Waals surface area contributed by atoms with Crippen molar-refractivity contribution in [3.8, 4) is 0 Å². The van der Waals surface area contributed by atoms with Gasteiger partial charge in [0.2, 0.25) is 5.91 Å². The van der Waals surface area contributed by atoms with E-state index in [1.54, 1.807) is 0 Å². The summed E-state index contributed by atoms with van der Waals surface area (Å²) in [6, 6.07) is 10.7. The highest BCUT2D eigenvalue weighted by molar-refractivity contribution is 5.81. The maximum Gasteiger partial charge on any atom is 0.249 e. The highest BCUT2D eigenvalue weighted by Gasteiger charge is 2.43. The molecule has 4 nitrogen and oxygen atoms in total. The number of likely N-dealkylation sites (tertiary alicyclic amines) is 1. The van der Waals surface area contributed by atoms with Crippen molar-refractivity contribution in [2.45, 2.75) is 51.2 Å². The van der Waals surface area contributed by atoms with Crippen molar-refractivity contribution in [3.63, 3.8) is 0 Å². The molecule has 1 aromatic carbocycles. The van der Waals surface area contributed by atoms with Crippen molar-refractivity contribution in [2.75, 3.05) is 26.2 Å². The number of carbonyl (C=O) groups is 1. The molecule has 2 aliphatic heterocycles. The van der Waals surface area contributed by atoms with Crippen LogP contribution in [0.3, 0.4) is 0 Å². The SMILES string of the molecule is CC(C)CC1OC2(CCN(CCc3ccccc3)CC2)CNC1=O. The minimum Gasteiger partial charge on any atom is -0.360 e. The monoisotopic (exact) mass is 330 g/mol. The summed E-state index contributed by atoms with van der Waals surface area (Å²) >= 11 is 0. The van der Waals surface area contributed by atoms with Crippen molar-refractivity contribution in [3.05, 3.63) is 35.9 Å². The van der Waals surface area contributed by atoms with E-state index in [1.165, 1.54) is 5.56 Å². The quantitative estimate of drug-likeness (QED) is 0.902. The van der Waals surface area contributed by atoms with Crippen LogP contribution in [-0.2, 0) is 16.0 Å². The molecular weight excluding hydrogens is 300 g/mol. The second kappa shape index (κ2) is 7.66. The predicted octanol–water partition coefficient (Wildman–Crippen LogP) is 2.62. The van der Waals surface area contributed by atoms with Crippen LogP contribution in [0, 0.1) is 5.92 Å². The van der Waals surface area contributed by atoms with Crippen molar-refractivity contribution < 1.29 is 9.53 Å². The predicted molar refractivity (Wildman–Crippen MR) is 95.9 cm³/mol. The number of hydrogen-bond acceptors (Lipinski definition) is 3. The third-order valence-electron chi connectivity index (χ3n) is 5.28. The number of nitrogens with one attached hydrogen (secondary N) is 1. The molecule has 24 heavy (non-hydrogen) atoms. The second-order valence-electron chi connectivity index (χ2n) is 7.71. The smallest absolute Gasteiger partial charge is 0.249 e. The number of rotatable bonds is 5. The zero-order valence-corrected chi connectivity index (χ0v) is 15.0. The van der Waals surface area contributed by atoms with Gasteiger partial charge in [-0.15, -0.1) is 0 Å². The lowest BCUT2D eigenvalue weighted by Gasteiger charge is -2.46. The standard InChI is InChI=1S/C20H30N2O2/c1-16(2)14-18-19(23)21-15-20(24-18)9-12-22(13-10-20)11-8-17-6-4-3-5-7-17/h3-7,16,18H,8-15H2,1-2H3,(H,21,23). The van der Waals surface area contributed by atoms with Crippen LogP contribution in [0.15, 0.2) is 30.3 Å². The third kappa shape index (κ3) is 4.37. The van der Waals surface area contributed by atoms with Gasteiger partial charge in [-0.05, 0) is 37.2 Å². The van der Waals surface area contributed by atoms with E-state index in [4.69, 9.17) is 4.74 Å². The Morgan fingerprint density at radius 3 is 2.62 bits per heavy atom. The van der Waals surface area contributed by atoms with E-state index in [2.05, 4.69) is 54.4 Å².